The molecule has 2 aromatic rings. The fourth-order valence-electron chi connectivity index (χ4n) is 2.91. The molecule has 0 aliphatic carbocycles. The molecule has 2 N–H and O–H groups in total. The zero-order chi connectivity index (χ0) is 17.5. The summed E-state index contributed by atoms with van der Waals surface area (Å²) in [5.74, 6) is -0.322. The number of benzene rings is 1. The first kappa shape index (κ1) is 16.6. The van der Waals surface area contributed by atoms with Crippen molar-refractivity contribution >= 4 is 15.9 Å². The Bertz CT molecular complexity index is 884. The van der Waals surface area contributed by atoms with Gasteiger partial charge in [-0.1, -0.05) is 11.2 Å². The number of sulfonamides is 1. The summed E-state index contributed by atoms with van der Waals surface area (Å²) in [5.41, 5.74) is 3.98. The number of rotatable bonds is 3. The summed E-state index contributed by atoms with van der Waals surface area (Å²) < 4.78 is 32.1. The number of amides is 1. The highest BCUT2D eigenvalue weighted by atomic mass is 32.2. The maximum Gasteiger partial charge on any atom is 0.274 e. The molecule has 1 aliphatic heterocycles. The molecule has 8 nitrogen and oxygen atoms in total. The predicted molar refractivity (Wildman–Crippen MR) is 83.0 cm³/mol. The number of aryl methyl sites for hydroxylation is 2. The van der Waals surface area contributed by atoms with E-state index in [0.29, 0.717) is 24.2 Å². The van der Waals surface area contributed by atoms with Gasteiger partial charge < -0.3 is 4.52 Å². The summed E-state index contributed by atoms with van der Waals surface area (Å²) in [6, 6.07) is 4.92. The number of aromatic nitrogens is 1. The molecule has 1 aromatic heterocycles. The lowest BCUT2D eigenvalue weighted by Gasteiger charge is -2.28. The van der Waals surface area contributed by atoms with Gasteiger partial charge in [0.2, 0.25) is 10.0 Å². The number of hydroxylamine groups is 1. The molecular weight excluding hydrogens is 334 g/mol. The standard InChI is InChI=1S/C15H17N3O5S/c1-9-14(10(2)23-17-9)24(21,22)18-6-5-11-7-12(15(19)16-20)3-4-13(11)8-18/h3-4,7,20H,5-6,8H2,1-2H3,(H,16,19). The maximum absolute atomic E-state index is 12.9. The Balaban J connectivity index is 1.92. The highest BCUT2D eigenvalue weighted by Gasteiger charge is 2.33. The van der Waals surface area contributed by atoms with E-state index in [-0.39, 0.29) is 17.2 Å². The minimum absolute atomic E-state index is 0.113. The molecule has 128 valence electrons. The monoisotopic (exact) mass is 351 g/mol. The molecule has 3 rings (SSSR count). The first-order chi connectivity index (χ1) is 11.3. The van der Waals surface area contributed by atoms with Crippen LogP contribution in [0, 0.1) is 13.8 Å². The lowest BCUT2D eigenvalue weighted by atomic mass is 9.98. The molecule has 2 heterocycles. The van der Waals surface area contributed by atoms with E-state index in [1.165, 1.54) is 4.31 Å². The van der Waals surface area contributed by atoms with Crippen LogP contribution in [0.3, 0.4) is 0 Å². The summed E-state index contributed by atoms with van der Waals surface area (Å²) in [5, 5.41) is 12.4. The van der Waals surface area contributed by atoms with E-state index in [2.05, 4.69) is 5.16 Å². The van der Waals surface area contributed by atoms with Crippen LogP contribution in [0.2, 0.25) is 0 Å². The quantitative estimate of drug-likeness (QED) is 0.634. The molecule has 1 aliphatic rings. The predicted octanol–water partition coefficient (Wildman–Crippen LogP) is 1.16. The molecule has 0 spiro atoms. The first-order valence-corrected chi connectivity index (χ1v) is 8.78. The highest BCUT2D eigenvalue weighted by Crippen LogP contribution is 2.28. The topological polar surface area (TPSA) is 113 Å². The molecular formula is C15H17N3O5S. The van der Waals surface area contributed by atoms with Crippen LogP contribution in [-0.4, -0.2) is 35.5 Å². The summed E-state index contributed by atoms with van der Waals surface area (Å²) >= 11 is 0. The summed E-state index contributed by atoms with van der Waals surface area (Å²) in [6.07, 6.45) is 0.477. The Kier molecular flexibility index (Phi) is 4.16. The summed E-state index contributed by atoms with van der Waals surface area (Å²) in [4.78, 5) is 11.6. The van der Waals surface area contributed by atoms with Gasteiger partial charge >= 0.3 is 0 Å². The SMILES string of the molecule is Cc1noc(C)c1S(=O)(=O)N1CCc2cc(C(=O)NO)ccc2C1. The smallest absolute Gasteiger partial charge is 0.274 e. The largest absolute Gasteiger partial charge is 0.360 e. The van der Waals surface area contributed by atoms with Crippen LogP contribution in [0.25, 0.3) is 0 Å². The second-order valence-electron chi connectivity index (χ2n) is 5.67. The van der Waals surface area contributed by atoms with Crippen molar-refractivity contribution in [3.63, 3.8) is 0 Å². The minimum atomic E-state index is -3.70. The van der Waals surface area contributed by atoms with Crippen LogP contribution in [0.1, 0.15) is 32.9 Å². The Morgan fingerprint density at radius 3 is 2.71 bits per heavy atom. The van der Waals surface area contributed by atoms with Crippen molar-refractivity contribution < 1.29 is 22.9 Å². The van der Waals surface area contributed by atoms with Gasteiger partial charge in [0.15, 0.2) is 5.76 Å². The molecule has 1 amide bonds. The molecule has 24 heavy (non-hydrogen) atoms. The second-order valence-corrected chi connectivity index (χ2v) is 7.54. The summed E-state index contributed by atoms with van der Waals surface area (Å²) in [6.45, 7) is 3.68. The first-order valence-electron chi connectivity index (χ1n) is 7.34. The third-order valence-electron chi connectivity index (χ3n) is 4.11. The average Bonchev–Trinajstić information content (AvgIpc) is 2.92. The van der Waals surface area contributed by atoms with Crippen LogP contribution < -0.4 is 5.48 Å². The number of nitrogens with one attached hydrogen (secondary N) is 1. The molecule has 1 aromatic carbocycles. The van der Waals surface area contributed by atoms with E-state index >= 15 is 0 Å². The summed E-state index contributed by atoms with van der Waals surface area (Å²) in [7, 11) is -3.70. The number of hydrogen-bond donors (Lipinski definition) is 2. The van der Waals surface area contributed by atoms with Crippen LogP contribution >= 0.6 is 0 Å². The molecule has 0 atom stereocenters. The molecule has 0 saturated carbocycles. The van der Waals surface area contributed by atoms with Gasteiger partial charge in [-0.2, -0.15) is 4.31 Å². The van der Waals surface area contributed by atoms with Gasteiger partial charge in [-0.3, -0.25) is 10.0 Å². The van der Waals surface area contributed by atoms with Crippen LogP contribution in [0.5, 0.6) is 0 Å². The van der Waals surface area contributed by atoms with Crippen molar-refractivity contribution in [3.05, 3.63) is 46.3 Å². The minimum Gasteiger partial charge on any atom is -0.360 e. The lowest BCUT2D eigenvalue weighted by Crippen LogP contribution is -2.36. The zero-order valence-corrected chi connectivity index (χ0v) is 14.1. The average molecular weight is 351 g/mol. The Morgan fingerprint density at radius 1 is 1.33 bits per heavy atom. The van der Waals surface area contributed by atoms with Gasteiger partial charge in [0.1, 0.15) is 10.6 Å². The van der Waals surface area contributed by atoms with Crippen molar-refractivity contribution in [2.45, 2.75) is 31.7 Å². The highest BCUT2D eigenvalue weighted by molar-refractivity contribution is 7.89. The number of carbonyl (C=O) groups is 1. The number of nitrogens with zero attached hydrogens (tertiary/aromatic N) is 2. The molecule has 0 fully saturated rings. The third-order valence-corrected chi connectivity index (χ3v) is 6.20. The lowest BCUT2D eigenvalue weighted by molar-refractivity contribution is 0.0706. The molecule has 0 unspecified atom stereocenters. The van der Waals surface area contributed by atoms with Gasteiger partial charge in [-0.15, -0.1) is 0 Å². The number of carbonyl (C=O) groups excluding carboxylic acids is 1. The van der Waals surface area contributed by atoms with E-state index in [9.17, 15) is 13.2 Å². The van der Waals surface area contributed by atoms with Crippen molar-refractivity contribution in [2.24, 2.45) is 0 Å². The number of fused-ring (bicyclic) bond motifs is 1. The second kappa shape index (κ2) is 6.00. The van der Waals surface area contributed by atoms with E-state index in [4.69, 9.17) is 9.73 Å². The Labute approximate surface area is 139 Å². The Hall–Kier alpha value is -2.23. The number of hydrogen-bond acceptors (Lipinski definition) is 6. The van der Waals surface area contributed by atoms with Crippen molar-refractivity contribution in [3.8, 4) is 0 Å². The van der Waals surface area contributed by atoms with E-state index in [0.717, 1.165) is 11.1 Å². The van der Waals surface area contributed by atoms with E-state index < -0.39 is 15.9 Å². The molecule has 0 bridgehead atoms. The van der Waals surface area contributed by atoms with Crippen molar-refractivity contribution in [2.75, 3.05) is 6.54 Å². The maximum atomic E-state index is 12.9. The third kappa shape index (κ3) is 2.70. The van der Waals surface area contributed by atoms with Crippen LogP contribution in [0.4, 0.5) is 0 Å². The fraction of sp³-hybridized carbons (Fsp3) is 0.333. The fourth-order valence-corrected chi connectivity index (χ4v) is 4.62. The molecule has 9 heteroatoms. The molecule has 0 radical (unpaired) electrons. The Morgan fingerprint density at radius 2 is 2.08 bits per heavy atom. The zero-order valence-electron chi connectivity index (χ0n) is 13.2. The normalized spacial score (nSPS) is 15.1. The van der Waals surface area contributed by atoms with Gasteiger partial charge in [0.25, 0.3) is 5.91 Å². The van der Waals surface area contributed by atoms with Gasteiger partial charge in [-0.05, 0) is 43.5 Å². The van der Waals surface area contributed by atoms with Crippen LogP contribution in [-0.2, 0) is 23.0 Å². The van der Waals surface area contributed by atoms with Crippen molar-refractivity contribution in [1.82, 2.24) is 14.9 Å². The van der Waals surface area contributed by atoms with Gasteiger partial charge in [0.05, 0.1) is 0 Å². The van der Waals surface area contributed by atoms with Gasteiger partial charge in [-0.25, -0.2) is 13.9 Å². The van der Waals surface area contributed by atoms with Crippen molar-refractivity contribution in [1.29, 1.82) is 0 Å². The van der Waals surface area contributed by atoms with E-state index in [1.807, 2.05) is 0 Å². The van der Waals surface area contributed by atoms with Gasteiger partial charge in [0, 0.05) is 18.7 Å². The van der Waals surface area contributed by atoms with Crippen LogP contribution in [0.15, 0.2) is 27.6 Å². The molecule has 0 saturated heterocycles. The van der Waals surface area contributed by atoms with E-state index in [1.54, 1.807) is 37.5 Å².